The standard InChI is InChI=1S/C11H15N5O2/c17-11(18)16-5-8-9(6-16)13-7-14-10(8)15-3-1-12-2-4-15/h7,12H,1-6H2,(H,17,18). The van der Waals surface area contributed by atoms with Gasteiger partial charge in [-0.1, -0.05) is 0 Å². The summed E-state index contributed by atoms with van der Waals surface area (Å²) in [6.45, 7) is 4.42. The first-order chi connectivity index (χ1) is 8.75. The van der Waals surface area contributed by atoms with Gasteiger partial charge in [0.25, 0.3) is 0 Å². The van der Waals surface area contributed by atoms with Crippen molar-refractivity contribution in [3.63, 3.8) is 0 Å². The molecular weight excluding hydrogens is 234 g/mol. The highest BCUT2D eigenvalue weighted by Gasteiger charge is 2.29. The monoisotopic (exact) mass is 249 g/mol. The van der Waals surface area contributed by atoms with Crippen LogP contribution in [0.3, 0.4) is 0 Å². The molecule has 2 aliphatic heterocycles. The number of anilines is 1. The maximum Gasteiger partial charge on any atom is 0.407 e. The quantitative estimate of drug-likeness (QED) is 0.722. The Hall–Kier alpha value is -1.89. The number of nitrogens with zero attached hydrogens (tertiary/aromatic N) is 4. The highest BCUT2D eigenvalue weighted by atomic mass is 16.4. The second kappa shape index (κ2) is 4.41. The average molecular weight is 249 g/mol. The molecule has 7 heteroatoms. The van der Waals surface area contributed by atoms with Crippen LogP contribution in [-0.4, -0.2) is 52.2 Å². The van der Waals surface area contributed by atoms with E-state index in [2.05, 4.69) is 20.2 Å². The zero-order chi connectivity index (χ0) is 12.5. The third kappa shape index (κ3) is 1.86. The number of piperazine rings is 1. The largest absolute Gasteiger partial charge is 0.465 e. The molecule has 1 aromatic rings. The molecule has 7 nitrogen and oxygen atoms in total. The number of carboxylic acid groups (broad SMARTS) is 1. The Morgan fingerprint density at radius 3 is 2.78 bits per heavy atom. The van der Waals surface area contributed by atoms with Crippen LogP contribution in [0, 0.1) is 0 Å². The normalized spacial score (nSPS) is 18.9. The Morgan fingerprint density at radius 1 is 1.28 bits per heavy atom. The highest BCUT2D eigenvalue weighted by Crippen LogP contribution is 2.28. The van der Waals surface area contributed by atoms with E-state index < -0.39 is 6.09 Å². The van der Waals surface area contributed by atoms with Crippen LogP contribution in [0.15, 0.2) is 6.33 Å². The third-order valence-electron chi connectivity index (χ3n) is 3.39. The van der Waals surface area contributed by atoms with E-state index in [-0.39, 0.29) is 0 Å². The lowest BCUT2D eigenvalue weighted by molar-refractivity contribution is 0.145. The number of carbonyl (C=O) groups is 1. The minimum absolute atomic E-state index is 0.367. The van der Waals surface area contributed by atoms with E-state index in [9.17, 15) is 4.79 Å². The predicted molar refractivity (Wildman–Crippen MR) is 64.4 cm³/mol. The first-order valence-electron chi connectivity index (χ1n) is 6.02. The zero-order valence-corrected chi connectivity index (χ0v) is 9.96. The molecule has 0 saturated carbocycles. The summed E-state index contributed by atoms with van der Waals surface area (Å²) in [5, 5.41) is 12.3. The zero-order valence-electron chi connectivity index (χ0n) is 9.96. The molecular formula is C11H15N5O2. The molecule has 2 aliphatic rings. The Bertz CT molecular complexity index is 473. The van der Waals surface area contributed by atoms with Crippen molar-refractivity contribution in [3.8, 4) is 0 Å². The average Bonchev–Trinajstić information content (AvgIpc) is 2.83. The molecule has 2 N–H and O–H groups in total. The summed E-state index contributed by atoms with van der Waals surface area (Å²) in [5.41, 5.74) is 1.79. The topological polar surface area (TPSA) is 81.6 Å². The van der Waals surface area contributed by atoms with Gasteiger partial charge in [0.05, 0.1) is 18.8 Å². The van der Waals surface area contributed by atoms with Crippen LogP contribution in [-0.2, 0) is 13.1 Å². The van der Waals surface area contributed by atoms with Crippen molar-refractivity contribution in [2.75, 3.05) is 31.1 Å². The van der Waals surface area contributed by atoms with E-state index in [1.165, 1.54) is 11.2 Å². The second-order valence-electron chi connectivity index (χ2n) is 4.50. The lowest BCUT2D eigenvalue weighted by atomic mass is 10.2. The van der Waals surface area contributed by atoms with Crippen LogP contribution in [0.2, 0.25) is 0 Å². The van der Waals surface area contributed by atoms with Crippen LogP contribution in [0.25, 0.3) is 0 Å². The van der Waals surface area contributed by atoms with Crippen LogP contribution < -0.4 is 10.2 Å². The number of hydrogen-bond donors (Lipinski definition) is 2. The van der Waals surface area contributed by atoms with Crippen molar-refractivity contribution in [1.29, 1.82) is 0 Å². The minimum atomic E-state index is -0.903. The Labute approximate surface area is 104 Å². The van der Waals surface area contributed by atoms with E-state index in [1.54, 1.807) is 0 Å². The van der Waals surface area contributed by atoms with E-state index in [0.29, 0.717) is 13.1 Å². The van der Waals surface area contributed by atoms with Gasteiger partial charge in [0.2, 0.25) is 0 Å². The summed E-state index contributed by atoms with van der Waals surface area (Å²) >= 11 is 0. The SMILES string of the molecule is O=C(O)N1Cc2ncnc(N3CCNCC3)c2C1. The molecule has 1 aromatic heterocycles. The number of fused-ring (bicyclic) bond motifs is 1. The molecule has 1 fully saturated rings. The number of hydrogen-bond acceptors (Lipinski definition) is 5. The van der Waals surface area contributed by atoms with Gasteiger partial charge < -0.3 is 15.3 Å². The summed E-state index contributed by atoms with van der Waals surface area (Å²) in [7, 11) is 0. The fourth-order valence-corrected chi connectivity index (χ4v) is 2.45. The van der Waals surface area contributed by atoms with Gasteiger partial charge in [-0.3, -0.25) is 4.90 Å². The van der Waals surface area contributed by atoms with Crippen molar-refractivity contribution >= 4 is 11.9 Å². The molecule has 0 radical (unpaired) electrons. The Balaban J connectivity index is 1.89. The molecule has 3 rings (SSSR count). The van der Waals surface area contributed by atoms with Crippen molar-refractivity contribution in [1.82, 2.24) is 20.2 Å². The van der Waals surface area contributed by atoms with Crippen LogP contribution in [0.1, 0.15) is 11.3 Å². The molecule has 0 bridgehead atoms. The molecule has 18 heavy (non-hydrogen) atoms. The predicted octanol–water partition coefficient (Wildman–Crippen LogP) is -0.120. The van der Waals surface area contributed by atoms with Gasteiger partial charge in [-0.15, -0.1) is 0 Å². The first-order valence-corrected chi connectivity index (χ1v) is 6.02. The molecule has 0 aliphatic carbocycles. The lowest BCUT2D eigenvalue weighted by Gasteiger charge is -2.29. The van der Waals surface area contributed by atoms with Crippen molar-refractivity contribution < 1.29 is 9.90 Å². The van der Waals surface area contributed by atoms with Gasteiger partial charge in [0.1, 0.15) is 12.1 Å². The number of aromatic nitrogens is 2. The number of rotatable bonds is 1. The summed E-state index contributed by atoms with van der Waals surface area (Å²) < 4.78 is 0. The maximum absolute atomic E-state index is 11.0. The van der Waals surface area contributed by atoms with Crippen molar-refractivity contribution in [2.24, 2.45) is 0 Å². The van der Waals surface area contributed by atoms with Gasteiger partial charge in [-0.25, -0.2) is 14.8 Å². The number of nitrogens with one attached hydrogen (secondary N) is 1. The summed E-state index contributed by atoms with van der Waals surface area (Å²) in [6.07, 6.45) is 0.626. The lowest BCUT2D eigenvalue weighted by Crippen LogP contribution is -2.44. The van der Waals surface area contributed by atoms with Gasteiger partial charge in [0, 0.05) is 31.7 Å². The smallest absolute Gasteiger partial charge is 0.407 e. The number of amides is 1. The molecule has 0 aromatic carbocycles. The molecule has 1 saturated heterocycles. The van der Waals surface area contributed by atoms with Gasteiger partial charge in [-0.05, 0) is 0 Å². The van der Waals surface area contributed by atoms with Crippen molar-refractivity contribution in [2.45, 2.75) is 13.1 Å². The van der Waals surface area contributed by atoms with Gasteiger partial charge in [0.15, 0.2) is 0 Å². The van der Waals surface area contributed by atoms with Crippen molar-refractivity contribution in [3.05, 3.63) is 17.6 Å². The third-order valence-corrected chi connectivity index (χ3v) is 3.39. The molecule has 96 valence electrons. The second-order valence-corrected chi connectivity index (χ2v) is 4.50. The molecule has 0 unspecified atom stereocenters. The summed E-state index contributed by atoms with van der Waals surface area (Å²) in [4.78, 5) is 23.1. The first kappa shape index (κ1) is 11.2. The molecule has 0 atom stereocenters. The minimum Gasteiger partial charge on any atom is -0.465 e. The molecule has 1 amide bonds. The molecule has 3 heterocycles. The Morgan fingerprint density at radius 2 is 2.06 bits per heavy atom. The molecule has 0 spiro atoms. The van der Waals surface area contributed by atoms with Crippen LogP contribution >= 0.6 is 0 Å². The fourth-order valence-electron chi connectivity index (χ4n) is 2.45. The van der Waals surface area contributed by atoms with E-state index >= 15 is 0 Å². The van der Waals surface area contributed by atoms with Crippen LogP contribution in [0.5, 0.6) is 0 Å². The highest BCUT2D eigenvalue weighted by molar-refractivity contribution is 5.67. The van der Waals surface area contributed by atoms with E-state index in [1.807, 2.05) is 0 Å². The van der Waals surface area contributed by atoms with Crippen LogP contribution in [0.4, 0.5) is 10.6 Å². The maximum atomic E-state index is 11.0. The summed E-state index contributed by atoms with van der Waals surface area (Å²) in [6, 6.07) is 0. The van der Waals surface area contributed by atoms with Gasteiger partial charge >= 0.3 is 6.09 Å². The van der Waals surface area contributed by atoms with E-state index in [0.717, 1.165) is 43.3 Å². The fraction of sp³-hybridized carbons (Fsp3) is 0.545. The van der Waals surface area contributed by atoms with E-state index in [4.69, 9.17) is 5.11 Å². The van der Waals surface area contributed by atoms with Gasteiger partial charge in [-0.2, -0.15) is 0 Å². The summed E-state index contributed by atoms with van der Waals surface area (Å²) in [5.74, 6) is 0.894. The Kier molecular flexibility index (Phi) is 2.75.